The summed E-state index contributed by atoms with van der Waals surface area (Å²) in [5, 5.41) is 0. The number of amides is 2. The fourth-order valence-corrected chi connectivity index (χ4v) is 3.35. The number of hydrogen-bond acceptors (Lipinski definition) is 5. The lowest BCUT2D eigenvalue weighted by atomic mass is 10.1. The molecule has 0 N–H and O–H groups in total. The van der Waals surface area contributed by atoms with Gasteiger partial charge < -0.3 is 0 Å². The lowest BCUT2D eigenvalue weighted by molar-refractivity contribution is 0.0632. The van der Waals surface area contributed by atoms with Gasteiger partial charge in [0.05, 0.1) is 29.2 Å². The molecule has 24 heavy (non-hydrogen) atoms. The molecule has 1 aliphatic rings. The van der Waals surface area contributed by atoms with Gasteiger partial charge in [-0.3, -0.25) is 18.7 Å². The molecule has 0 fully saturated rings. The number of benzene rings is 2. The molecular formula is C17H15NO5S. The summed E-state index contributed by atoms with van der Waals surface area (Å²) >= 11 is 0. The highest BCUT2D eigenvalue weighted by molar-refractivity contribution is 7.86. The predicted molar refractivity (Wildman–Crippen MR) is 86.1 cm³/mol. The van der Waals surface area contributed by atoms with Crippen LogP contribution in [0.3, 0.4) is 0 Å². The van der Waals surface area contributed by atoms with Gasteiger partial charge in [0.15, 0.2) is 0 Å². The molecule has 0 aliphatic carbocycles. The van der Waals surface area contributed by atoms with Crippen LogP contribution in [0.2, 0.25) is 0 Å². The molecule has 2 amide bonds. The smallest absolute Gasteiger partial charge is 0.272 e. The fourth-order valence-electron chi connectivity index (χ4n) is 2.45. The summed E-state index contributed by atoms with van der Waals surface area (Å²) < 4.78 is 29.1. The number of fused-ring (bicyclic) bond motifs is 1. The van der Waals surface area contributed by atoms with Gasteiger partial charge in [0.25, 0.3) is 21.9 Å². The van der Waals surface area contributed by atoms with Crippen molar-refractivity contribution in [3.05, 3.63) is 65.2 Å². The lowest BCUT2D eigenvalue weighted by Gasteiger charge is -2.13. The maximum absolute atomic E-state index is 12.2. The normalized spacial score (nSPS) is 14.1. The van der Waals surface area contributed by atoms with E-state index in [9.17, 15) is 18.0 Å². The Hall–Kier alpha value is -2.51. The molecular weight excluding hydrogens is 330 g/mol. The van der Waals surface area contributed by atoms with E-state index in [2.05, 4.69) is 0 Å². The third-order valence-electron chi connectivity index (χ3n) is 3.74. The third kappa shape index (κ3) is 2.95. The van der Waals surface area contributed by atoms with Crippen LogP contribution in [0.15, 0.2) is 53.4 Å². The average Bonchev–Trinajstić information content (AvgIpc) is 2.80. The van der Waals surface area contributed by atoms with E-state index in [4.69, 9.17) is 4.18 Å². The molecule has 0 atom stereocenters. The largest absolute Gasteiger partial charge is 0.297 e. The summed E-state index contributed by atoms with van der Waals surface area (Å²) in [6.45, 7) is 1.43. The molecule has 1 heterocycles. The van der Waals surface area contributed by atoms with Crippen molar-refractivity contribution in [2.75, 3.05) is 13.2 Å². The molecule has 1 aliphatic heterocycles. The standard InChI is InChI=1S/C17H15NO5S/c1-12-6-8-13(9-7-12)24(21,22)23-11-10-18-16(19)14-4-2-3-5-15(14)17(18)20/h2-9H,10-11H2,1H3. The van der Waals surface area contributed by atoms with Gasteiger partial charge >= 0.3 is 0 Å². The molecule has 7 heteroatoms. The van der Waals surface area contributed by atoms with Crippen LogP contribution in [0.25, 0.3) is 0 Å². The fraction of sp³-hybridized carbons (Fsp3) is 0.176. The highest BCUT2D eigenvalue weighted by Crippen LogP contribution is 2.22. The molecule has 0 bridgehead atoms. The van der Waals surface area contributed by atoms with Crippen molar-refractivity contribution in [3.8, 4) is 0 Å². The van der Waals surface area contributed by atoms with Gasteiger partial charge in [-0.2, -0.15) is 8.42 Å². The maximum atomic E-state index is 12.2. The van der Waals surface area contributed by atoms with Crippen LogP contribution in [0.1, 0.15) is 26.3 Å². The summed E-state index contributed by atoms with van der Waals surface area (Å²) in [6, 6.07) is 12.7. The molecule has 0 unspecified atom stereocenters. The Balaban J connectivity index is 1.66. The van der Waals surface area contributed by atoms with Gasteiger partial charge in [-0.1, -0.05) is 29.8 Å². The van der Waals surface area contributed by atoms with Crippen molar-refractivity contribution in [1.29, 1.82) is 0 Å². The molecule has 0 saturated carbocycles. The molecule has 0 saturated heterocycles. The summed E-state index contributed by atoms with van der Waals surface area (Å²) in [6.07, 6.45) is 0. The summed E-state index contributed by atoms with van der Waals surface area (Å²) in [7, 11) is -3.92. The quantitative estimate of drug-likeness (QED) is 0.611. The zero-order valence-corrected chi connectivity index (χ0v) is 13.7. The third-order valence-corrected chi connectivity index (χ3v) is 5.07. The highest BCUT2D eigenvalue weighted by atomic mass is 32.2. The first kappa shape index (κ1) is 16.4. The molecule has 2 aromatic rings. The van der Waals surface area contributed by atoms with Crippen molar-refractivity contribution in [2.45, 2.75) is 11.8 Å². The molecule has 124 valence electrons. The first-order valence-electron chi connectivity index (χ1n) is 7.31. The van der Waals surface area contributed by atoms with Crippen molar-refractivity contribution in [1.82, 2.24) is 4.90 Å². The van der Waals surface area contributed by atoms with Crippen LogP contribution < -0.4 is 0 Å². The second kappa shape index (κ2) is 6.18. The number of nitrogens with zero attached hydrogens (tertiary/aromatic N) is 1. The summed E-state index contributed by atoms with van der Waals surface area (Å²) in [5.74, 6) is -0.876. The zero-order chi connectivity index (χ0) is 17.3. The molecule has 3 rings (SSSR count). The Morgan fingerprint density at radius 2 is 1.46 bits per heavy atom. The van der Waals surface area contributed by atoms with Gasteiger partial charge in [0.2, 0.25) is 0 Å². The van der Waals surface area contributed by atoms with Crippen molar-refractivity contribution in [3.63, 3.8) is 0 Å². The molecule has 6 nitrogen and oxygen atoms in total. The lowest BCUT2D eigenvalue weighted by Crippen LogP contribution is -2.33. The van der Waals surface area contributed by atoms with Crippen LogP contribution in [-0.4, -0.2) is 38.3 Å². The minimum Gasteiger partial charge on any atom is -0.272 e. The average molecular weight is 345 g/mol. The summed E-state index contributed by atoms with van der Waals surface area (Å²) in [5.41, 5.74) is 1.58. The Morgan fingerprint density at radius 3 is 2.00 bits per heavy atom. The molecule has 2 aromatic carbocycles. The molecule has 0 radical (unpaired) electrons. The van der Waals surface area contributed by atoms with E-state index in [-0.39, 0.29) is 18.0 Å². The highest BCUT2D eigenvalue weighted by Gasteiger charge is 2.35. The SMILES string of the molecule is Cc1ccc(S(=O)(=O)OCCN2C(=O)c3ccccc3C2=O)cc1. The van der Waals surface area contributed by atoms with Gasteiger partial charge in [-0.05, 0) is 31.2 Å². The van der Waals surface area contributed by atoms with Crippen LogP contribution >= 0.6 is 0 Å². The van der Waals surface area contributed by atoms with E-state index in [1.165, 1.54) is 12.1 Å². The number of imide groups is 1. The predicted octanol–water partition coefficient (Wildman–Crippen LogP) is 2.00. The maximum Gasteiger partial charge on any atom is 0.297 e. The first-order valence-corrected chi connectivity index (χ1v) is 8.72. The number of carbonyl (C=O) groups excluding carboxylic acids is 2. The van der Waals surface area contributed by atoms with Crippen molar-refractivity contribution < 1.29 is 22.2 Å². The van der Waals surface area contributed by atoms with E-state index in [1.807, 2.05) is 6.92 Å². The zero-order valence-electron chi connectivity index (χ0n) is 12.9. The van der Waals surface area contributed by atoms with Crippen LogP contribution in [0, 0.1) is 6.92 Å². The number of carbonyl (C=O) groups is 2. The summed E-state index contributed by atoms with van der Waals surface area (Å²) in [4.78, 5) is 25.4. The van der Waals surface area contributed by atoms with E-state index in [0.717, 1.165) is 10.5 Å². The van der Waals surface area contributed by atoms with Gasteiger partial charge in [-0.25, -0.2) is 0 Å². The first-order chi connectivity index (χ1) is 11.4. The van der Waals surface area contributed by atoms with Crippen molar-refractivity contribution >= 4 is 21.9 Å². The monoisotopic (exact) mass is 345 g/mol. The van der Waals surface area contributed by atoms with E-state index < -0.39 is 21.9 Å². The van der Waals surface area contributed by atoms with E-state index in [1.54, 1.807) is 36.4 Å². The number of aryl methyl sites for hydroxylation is 1. The van der Waals surface area contributed by atoms with Crippen LogP contribution in [0.4, 0.5) is 0 Å². The number of hydrogen-bond donors (Lipinski definition) is 0. The topological polar surface area (TPSA) is 80.8 Å². The van der Waals surface area contributed by atoms with Gasteiger partial charge in [0, 0.05) is 0 Å². The van der Waals surface area contributed by atoms with Gasteiger partial charge in [-0.15, -0.1) is 0 Å². The number of rotatable bonds is 5. The Labute approximate surface area is 139 Å². The van der Waals surface area contributed by atoms with Gasteiger partial charge in [0.1, 0.15) is 0 Å². The second-order valence-electron chi connectivity index (χ2n) is 5.40. The minimum atomic E-state index is -3.92. The van der Waals surface area contributed by atoms with Crippen LogP contribution in [-0.2, 0) is 14.3 Å². The Morgan fingerprint density at radius 1 is 0.917 bits per heavy atom. The Bertz CT molecular complexity index is 868. The van der Waals surface area contributed by atoms with Crippen molar-refractivity contribution in [2.24, 2.45) is 0 Å². The second-order valence-corrected chi connectivity index (χ2v) is 7.01. The van der Waals surface area contributed by atoms with E-state index >= 15 is 0 Å². The van der Waals surface area contributed by atoms with E-state index in [0.29, 0.717) is 11.1 Å². The minimum absolute atomic E-state index is 0.0375. The Kier molecular flexibility index (Phi) is 4.21. The molecule has 0 spiro atoms. The van der Waals surface area contributed by atoms with Crippen LogP contribution in [0.5, 0.6) is 0 Å². The molecule has 0 aromatic heterocycles.